The molecule has 1 aliphatic rings. The van der Waals surface area contributed by atoms with Gasteiger partial charge in [-0.25, -0.2) is 4.99 Å². The molecule has 1 amide bonds. The topological polar surface area (TPSA) is 105 Å². The average molecular weight is 458 g/mol. The van der Waals surface area contributed by atoms with Gasteiger partial charge in [-0.15, -0.1) is 0 Å². The van der Waals surface area contributed by atoms with Crippen LogP contribution in [-0.4, -0.2) is 41.6 Å². The molecule has 0 bridgehead atoms. The fourth-order valence-electron chi connectivity index (χ4n) is 2.81. The molecule has 0 spiro atoms. The van der Waals surface area contributed by atoms with E-state index in [9.17, 15) is 9.59 Å². The van der Waals surface area contributed by atoms with Crippen LogP contribution in [0.3, 0.4) is 0 Å². The lowest BCUT2D eigenvalue weighted by atomic mass is 10.0. The summed E-state index contributed by atoms with van der Waals surface area (Å²) in [7, 11) is 1.34. The summed E-state index contributed by atoms with van der Waals surface area (Å²) in [6.07, 6.45) is 2.20. The Kier molecular flexibility index (Phi) is 6.71. The van der Waals surface area contributed by atoms with Crippen LogP contribution in [0.5, 0.6) is 0 Å². The van der Waals surface area contributed by atoms with Gasteiger partial charge in [0.15, 0.2) is 0 Å². The van der Waals surface area contributed by atoms with Crippen LogP contribution in [0.1, 0.15) is 31.0 Å². The predicted molar refractivity (Wildman–Crippen MR) is 113 cm³/mol. The van der Waals surface area contributed by atoms with Crippen molar-refractivity contribution in [2.45, 2.75) is 25.8 Å². The highest BCUT2D eigenvalue weighted by molar-refractivity contribution is 9.10. The number of nitrogens with zero attached hydrogens (tertiary/aromatic N) is 3. The number of carbonyl (C=O) groups excluding carboxylic acids is 2. The standard InChI is InChI=1S/C20H20BrN5O3/c1-12(27)25-26-20-17(8-9-18(28)29-2)23-19(16-5-3-4-10-22-16)14-11-13(21)6-7-15(14)24-20/h3-7,10-11,17H,8-9H2,1-2H3,(H,24,26)(H,25,27)/t17-/m0/s1. The first kappa shape index (κ1) is 20.7. The predicted octanol–water partition coefficient (Wildman–Crippen LogP) is 2.69. The maximum absolute atomic E-state index is 11.7. The molecule has 150 valence electrons. The van der Waals surface area contributed by atoms with E-state index in [1.54, 1.807) is 6.20 Å². The Morgan fingerprint density at radius 3 is 2.76 bits per heavy atom. The largest absolute Gasteiger partial charge is 0.469 e. The molecule has 2 aromatic rings. The Morgan fingerprint density at radius 1 is 1.24 bits per heavy atom. The molecule has 0 unspecified atom stereocenters. The second-order valence-electron chi connectivity index (χ2n) is 6.29. The number of aromatic nitrogens is 1. The van der Waals surface area contributed by atoms with Gasteiger partial charge >= 0.3 is 5.97 Å². The third-order valence-corrected chi connectivity index (χ3v) is 4.67. The second kappa shape index (κ2) is 9.42. The summed E-state index contributed by atoms with van der Waals surface area (Å²) in [6, 6.07) is 10.7. The van der Waals surface area contributed by atoms with E-state index in [4.69, 9.17) is 9.73 Å². The first-order valence-corrected chi connectivity index (χ1v) is 9.74. The van der Waals surface area contributed by atoms with Crippen LogP contribution < -0.4 is 10.9 Å². The van der Waals surface area contributed by atoms with Crippen molar-refractivity contribution in [3.8, 4) is 0 Å². The van der Waals surface area contributed by atoms with Gasteiger partial charge in [-0.05, 0) is 36.8 Å². The molecule has 2 heterocycles. The number of hydrogen-bond donors (Lipinski definition) is 2. The Hall–Kier alpha value is -3.07. The highest BCUT2D eigenvalue weighted by Gasteiger charge is 2.25. The van der Waals surface area contributed by atoms with Crippen molar-refractivity contribution in [3.05, 3.63) is 58.3 Å². The zero-order chi connectivity index (χ0) is 20.8. The van der Waals surface area contributed by atoms with Crippen molar-refractivity contribution in [1.29, 1.82) is 0 Å². The normalized spacial score (nSPS) is 15.3. The minimum atomic E-state index is -0.510. The molecule has 1 atom stereocenters. The van der Waals surface area contributed by atoms with Crippen LogP contribution in [0.25, 0.3) is 0 Å². The quantitative estimate of drug-likeness (QED) is 0.542. The van der Waals surface area contributed by atoms with E-state index >= 15 is 0 Å². The number of halogens is 1. The number of hydrogen-bond acceptors (Lipinski definition) is 7. The van der Waals surface area contributed by atoms with E-state index in [0.29, 0.717) is 29.3 Å². The number of esters is 1. The van der Waals surface area contributed by atoms with Crippen LogP contribution >= 0.6 is 15.9 Å². The number of amides is 1. The lowest BCUT2D eigenvalue weighted by molar-refractivity contribution is -0.140. The molecule has 0 fully saturated rings. The molecule has 3 rings (SSSR count). The SMILES string of the molecule is COC(=O)CC[C@@H]1N=C(c2ccccn2)c2cc(Br)ccc2N=C1NNC(C)=O. The molecule has 0 radical (unpaired) electrons. The van der Waals surface area contributed by atoms with Gasteiger partial charge in [0.25, 0.3) is 0 Å². The van der Waals surface area contributed by atoms with Crippen LogP contribution in [0.4, 0.5) is 5.69 Å². The Morgan fingerprint density at radius 2 is 2.07 bits per heavy atom. The first-order chi connectivity index (χ1) is 14.0. The molecule has 1 aromatic carbocycles. The monoisotopic (exact) mass is 457 g/mol. The van der Waals surface area contributed by atoms with Gasteiger partial charge in [0.2, 0.25) is 5.91 Å². The zero-order valence-electron chi connectivity index (χ0n) is 16.0. The molecule has 1 aliphatic heterocycles. The minimum Gasteiger partial charge on any atom is -0.469 e. The van der Waals surface area contributed by atoms with Crippen molar-refractivity contribution in [2.75, 3.05) is 7.11 Å². The lowest BCUT2D eigenvalue weighted by Crippen LogP contribution is -2.45. The van der Waals surface area contributed by atoms with Gasteiger partial charge in [0.05, 0.1) is 24.2 Å². The van der Waals surface area contributed by atoms with Crippen LogP contribution in [0, 0.1) is 0 Å². The number of pyridine rings is 1. The summed E-state index contributed by atoms with van der Waals surface area (Å²) < 4.78 is 5.63. The minimum absolute atomic E-state index is 0.154. The van der Waals surface area contributed by atoms with Crippen LogP contribution in [0.15, 0.2) is 57.1 Å². The molecule has 0 aliphatic carbocycles. The zero-order valence-corrected chi connectivity index (χ0v) is 17.6. The molecule has 2 N–H and O–H groups in total. The molecule has 1 aromatic heterocycles. The van der Waals surface area contributed by atoms with E-state index in [1.165, 1.54) is 14.0 Å². The maximum Gasteiger partial charge on any atom is 0.305 e. The number of ether oxygens (including phenoxy) is 1. The van der Waals surface area contributed by atoms with Crippen LogP contribution in [-0.2, 0) is 14.3 Å². The average Bonchev–Trinajstić information content (AvgIpc) is 2.87. The van der Waals surface area contributed by atoms with Gasteiger partial charge in [-0.2, -0.15) is 0 Å². The molecule has 8 nitrogen and oxygen atoms in total. The number of aliphatic imine (C=N–C) groups is 2. The van der Waals surface area contributed by atoms with E-state index in [-0.39, 0.29) is 18.3 Å². The number of carbonyl (C=O) groups is 2. The number of fused-ring (bicyclic) bond motifs is 1. The molecule has 29 heavy (non-hydrogen) atoms. The fraction of sp³-hybridized carbons (Fsp3) is 0.250. The van der Waals surface area contributed by atoms with Gasteiger partial charge in [0, 0.05) is 29.6 Å². The number of benzene rings is 1. The Bertz CT molecular complexity index is 975. The highest BCUT2D eigenvalue weighted by atomic mass is 79.9. The van der Waals surface area contributed by atoms with Crippen molar-refractivity contribution in [1.82, 2.24) is 15.8 Å². The van der Waals surface area contributed by atoms with E-state index in [2.05, 4.69) is 36.8 Å². The van der Waals surface area contributed by atoms with Crippen LogP contribution in [0.2, 0.25) is 0 Å². The van der Waals surface area contributed by atoms with Gasteiger partial charge in [0.1, 0.15) is 11.9 Å². The Balaban J connectivity index is 2.10. The molecular weight excluding hydrogens is 438 g/mol. The fourth-order valence-corrected chi connectivity index (χ4v) is 3.18. The highest BCUT2D eigenvalue weighted by Crippen LogP contribution is 2.29. The van der Waals surface area contributed by atoms with Gasteiger partial charge in [-0.3, -0.25) is 30.4 Å². The first-order valence-electron chi connectivity index (χ1n) is 8.95. The second-order valence-corrected chi connectivity index (χ2v) is 7.20. The third kappa shape index (κ3) is 5.26. The molecule has 0 saturated heterocycles. The Labute approximate surface area is 176 Å². The lowest BCUT2D eigenvalue weighted by Gasteiger charge is -2.16. The van der Waals surface area contributed by atoms with Crippen molar-refractivity contribution < 1.29 is 14.3 Å². The molecule has 0 saturated carbocycles. The summed E-state index contributed by atoms with van der Waals surface area (Å²) in [4.78, 5) is 37.1. The number of amidine groups is 1. The summed E-state index contributed by atoms with van der Waals surface area (Å²) in [5.74, 6) is -0.185. The summed E-state index contributed by atoms with van der Waals surface area (Å²) >= 11 is 3.50. The summed E-state index contributed by atoms with van der Waals surface area (Å²) in [5, 5.41) is 0. The molecule has 9 heteroatoms. The third-order valence-electron chi connectivity index (χ3n) is 4.18. The van der Waals surface area contributed by atoms with Crippen molar-refractivity contribution >= 4 is 45.0 Å². The summed E-state index contributed by atoms with van der Waals surface area (Å²) in [6.45, 7) is 1.39. The van der Waals surface area contributed by atoms with Crippen molar-refractivity contribution in [3.63, 3.8) is 0 Å². The van der Waals surface area contributed by atoms with Crippen molar-refractivity contribution in [2.24, 2.45) is 9.98 Å². The smallest absolute Gasteiger partial charge is 0.305 e. The van der Waals surface area contributed by atoms with Gasteiger partial charge < -0.3 is 4.74 Å². The number of nitrogens with one attached hydrogen (secondary N) is 2. The number of rotatable bonds is 4. The summed E-state index contributed by atoms with van der Waals surface area (Å²) in [5.41, 5.74) is 8.18. The van der Waals surface area contributed by atoms with E-state index < -0.39 is 6.04 Å². The molecular formula is C20H20BrN5O3. The van der Waals surface area contributed by atoms with E-state index in [1.807, 2.05) is 36.4 Å². The number of hydrazine groups is 1. The van der Waals surface area contributed by atoms with Gasteiger partial charge in [-0.1, -0.05) is 22.0 Å². The van der Waals surface area contributed by atoms with E-state index in [0.717, 1.165) is 10.0 Å². The number of methoxy groups -OCH3 is 1. The maximum atomic E-state index is 11.7.